The number of carbonyl (C=O) groups is 1. The zero-order valence-corrected chi connectivity index (χ0v) is 14.6. The highest BCUT2D eigenvalue weighted by molar-refractivity contribution is 5.98. The van der Waals surface area contributed by atoms with Crippen LogP contribution in [-0.2, 0) is 6.54 Å². The van der Waals surface area contributed by atoms with Gasteiger partial charge in [0.05, 0.1) is 12.7 Å². The Morgan fingerprint density at radius 3 is 2.76 bits per heavy atom. The van der Waals surface area contributed by atoms with Crippen molar-refractivity contribution in [1.29, 1.82) is 0 Å². The van der Waals surface area contributed by atoms with Crippen molar-refractivity contribution < 1.29 is 9.53 Å². The number of anilines is 1. The highest BCUT2D eigenvalue weighted by Gasteiger charge is 2.18. The van der Waals surface area contributed by atoms with E-state index in [1.807, 2.05) is 30.3 Å². The number of ether oxygens (including phenoxy) is 1. The number of benzene rings is 1. The normalized spacial score (nSPS) is 14.8. The number of rotatable bonds is 6. The molecule has 1 aliphatic rings. The Bertz CT molecular complexity index is 712. The summed E-state index contributed by atoms with van der Waals surface area (Å²) in [5.74, 6) is 1.32. The minimum atomic E-state index is -0.127. The van der Waals surface area contributed by atoms with Crippen LogP contribution in [0.1, 0.15) is 48.0 Å². The lowest BCUT2D eigenvalue weighted by atomic mass is 9.95. The number of para-hydroxylation sites is 1. The standard InChI is InChI=1S/C20H25N3O2/c1-25-18-12-6-5-8-15(18)14-22-20(24)17-11-7-13-21-19(17)23-16-9-3-2-4-10-16/h5-8,11-13,16H,2-4,9-10,14H2,1H3,(H,21,23)(H,22,24). The van der Waals surface area contributed by atoms with Gasteiger partial charge in [0.2, 0.25) is 0 Å². The summed E-state index contributed by atoms with van der Waals surface area (Å²) in [6, 6.07) is 11.7. The van der Waals surface area contributed by atoms with Gasteiger partial charge in [0.1, 0.15) is 11.6 Å². The zero-order valence-electron chi connectivity index (χ0n) is 14.6. The number of methoxy groups -OCH3 is 1. The zero-order chi connectivity index (χ0) is 17.5. The SMILES string of the molecule is COc1ccccc1CNC(=O)c1cccnc1NC1CCCCC1. The number of nitrogens with zero attached hydrogens (tertiary/aromatic N) is 1. The first kappa shape index (κ1) is 17.3. The summed E-state index contributed by atoms with van der Waals surface area (Å²) < 4.78 is 5.33. The highest BCUT2D eigenvalue weighted by atomic mass is 16.5. The number of hydrogen-bond acceptors (Lipinski definition) is 4. The van der Waals surface area contributed by atoms with E-state index in [1.54, 1.807) is 19.4 Å². The molecule has 1 amide bonds. The molecular weight excluding hydrogens is 314 g/mol. The molecule has 0 aliphatic heterocycles. The molecule has 1 fully saturated rings. The third kappa shape index (κ3) is 4.50. The largest absolute Gasteiger partial charge is 0.496 e. The molecular formula is C20H25N3O2. The summed E-state index contributed by atoms with van der Waals surface area (Å²) in [4.78, 5) is 17.0. The number of aromatic nitrogens is 1. The van der Waals surface area contributed by atoms with E-state index in [1.165, 1.54) is 19.3 Å². The van der Waals surface area contributed by atoms with Crippen molar-refractivity contribution in [3.63, 3.8) is 0 Å². The van der Waals surface area contributed by atoms with Gasteiger partial charge in [-0.3, -0.25) is 4.79 Å². The monoisotopic (exact) mass is 339 g/mol. The van der Waals surface area contributed by atoms with Crippen molar-refractivity contribution in [2.45, 2.75) is 44.7 Å². The van der Waals surface area contributed by atoms with Crippen LogP contribution in [0.4, 0.5) is 5.82 Å². The van der Waals surface area contributed by atoms with Gasteiger partial charge in [-0.05, 0) is 31.0 Å². The lowest BCUT2D eigenvalue weighted by molar-refractivity contribution is 0.0951. The molecule has 5 heteroatoms. The van der Waals surface area contributed by atoms with Crippen molar-refractivity contribution in [3.05, 3.63) is 53.7 Å². The topological polar surface area (TPSA) is 63.2 Å². The summed E-state index contributed by atoms with van der Waals surface area (Å²) >= 11 is 0. The summed E-state index contributed by atoms with van der Waals surface area (Å²) in [6.45, 7) is 0.417. The maximum atomic E-state index is 12.6. The van der Waals surface area contributed by atoms with Gasteiger partial charge in [0.25, 0.3) is 5.91 Å². The lowest BCUT2D eigenvalue weighted by Gasteiger charge is -2.24. The van der Waals surface area contributed by atoms with E-state index in [9.17, 15) is 4.79 Å². The van der Waals surface area contributed by atoms with Gasteiger partial charge in [-0.15, -0.1) is 0 Å². The molecule has 1 aromatic carbocycles. The second-order valence-corrected chi connectivity index (χ2v) is 6.37. The molecule has 25 heavy (non-hydrogen) atoms. The quantitative estimate of drug-likeness (QED) is 0.841. The van der Waals surface area contributed by atoms with E-state index in [2.05, 4.69) is 15.6 Å². The van der Waals surface area contributed by atoms with Crippen LogP contribution in [0.2, 0.25) is 0 Å². The predicted octanol–water partition coefficient (Wildman–Crippen LogP) is 3.76. The van der Waals surface area contributed by atoms with Crippen LogP contribution >= 0.6 is 0 Å². The van der Waals surface area contributed by atoms with Crippen molar-refractivity contribution in [2.24, 2.45) is 0 Å². The molecule has 0 atom stereocenters. The third-order valence-corrected chi connectivity index (χ3v) is 4.63. The van der Waals surface area contributed by atoms with Crippen LogP contribution in [0, 0.1) is 0 Å². The van der Waals surface area contributed by atoms with Gasteiger partial charge < -0.3 is 15.4 Å². The summed E-state index contributed by atoms with van der Waals surface area (Å²) in [5.41, 5.74) is 1.53. The summed E-state index contributed by atoms with van der Waals surface area (Å²) in [5, 5.41) is 6.42. The molecule has 0 radical (unpaired) electrons. The Labute approximate surface area is 148 Å². The minimum absolute atomic E-state index is 0.127. The molecule has 1 saturated carbocycles. The Morgan fingerprint density at radius 2 is 1.96 bits per heavy atom. The van der Waals surface area contributed by atoms with Gasteiger partial charge in [0.15, 0.2) is 0 Å². The van der Waals surface area contributed by atoms with Gasteiger partial charge in [-0.25, -0.2) is 4.98 Å². The Morgan fingerprint density at radius 1 is 1.16 bits per heavy atom. The fraction of sp³-hybridized carbons (Fsp3) is 0.400. The van der Waals surface area contributed by atoms with Crippen LogP contribution in [0.15, 0.2) is 42.6 Å². The van der Waals surface area contributed by atoms with Crippen LogP contribution in [-0.4, -0.2) is 24.0 Å². The number of hydrogen-bond donors (Lipinski definition) is 2. The molecule has 1 aliphatic carbocycles. The summed E-state index contributed by atoms with van der Waals surface area (Å²) in [6.07, 6.45) is 7.77. The number of pyridine rings is 1. The first-order valence-electron chi connectivity index (χ1n) is 8.89. The molecule has 0 spiro atoms. The second-order valence-electron chi connectivity index (χ2n) is 6.37. The molecule has 5 nitrogen and oxygen atoms in total. The number of nitrogens with one attached hydrogen (secondary N) is 2. The fourth-order valence-corrected chi connectivity index (χ4v) is 3.26. The van der Waals surface area contributed by atoms with Gasteiger partial charge in [0, 0.05) is 24.3 Å². The molecule has 132 valence electrons. The van der Waals surface area contributed by atoms with Gasteiger partial charge in [-0.1, -0.05) is 37.5 Å². The van der Waals surface area contributed by atoms with E-state index in [-0.39, 0.29) is 5.91 Å². The van der Waals surface area contributed by atoms with E-state index < -0.39 is 0 Å². The number of amides is 1. The minimum Gasteiger partial charge on any atom is -0.496 e. The molecule has 0 bridgehead atoms. The number of carbonyl (C=O) groups excluding carboxylic acids is 1. The van der Waals surface area contributed by atoms with Crippen LogP contribution in [0.5, 0.6) is 5.75 Å². The Kier molecular flexibility index (Phi) is 5.88. The predicted molar refractivity (Wildman–Crippen MR) is 98.9 cm³/mol. The molecule has 1 aromatic heterocycles. The van der Waals surface area contributed by atoms with Crippen LogP contribution < -0.4 is 15.4 Å². The Hall–Kier alpha value is -2.56. The average molecular weight is 339 g/mol. The van der Waals surface area contributed by atoms with Gasteiger partial charge in [-0.2, -0.15) is 0 Å². The second kappa shape index (κ2) is 8.51. The molecule has 2 N–H and O–H groups in total. The van der Waals surface area contributed by atoms with E-state index >= 15 is 0 Å². The average Bonchev–Trinajstić information content (AvgIpc) is 2.67. The van der Waals surface area contributed by atoms with Crippen molar-refractivity contribution >= 4 is 11.7 Å². The van der Waals surface area contributed by atoms with Crippen molar-refractivity contribution in [3.8, 4) is 5.75 Å². The Balaban J connectivity index is 1.67. The highest BCUT2D eigenvalue weighted by Crippen LogP contribution is 2.23. The summed E-state index contributed by atoms with van der Waals surface area (Å²) in [7, 11) is 1.63. The van der Waals surface area contributed by atoms with E-state index in [0.29, 0.717) is 24.0 Å². The van der Waals surface area contributed by atoms with E-state index in [0.717, 1.165) is 24.2 Å². The molecule has 0 unspecified atom stereocenters. The maximum absolute atomic E-state index is 12.6. The van der Waals surface area contributed by atoms with E-state index in [4.69, 9.17) is 4.74 Å². The first-order chi connectivity index (χ1) is 12.3. The van der Waals surface area contributed by atoms with Crippen molar-refractivity contribution in [1.82, 2.24) is 10.3 Å². The first-order valence-corrected chi connectivity index (χ1v) is 8.89. The smallest absolute Gasteiger partial charge is 0.255 e. The van der Waals surface area contributed by atoms with Crippen LogP contribution in [0.3, 0.4) is 0 Å². The van der Waals surface area contributed by atoms with Crippen molar-refractivity contribution in [2.75, 3.05) is 12.4 Å². The molecule has 3 rings (SSSR count). The third-order valence-electron chi connectivity index (χ3n) is 4.63. The molecule has 2 aromatic rings. The van der Waals surface area contributed by atoms with Crippen LogP contribution in [0.25, 0.3) is 0 Å². The molecule has 1 heterocycles. The maximum Gasteiger partial charge on any atom is 0.255 e. The van der Waals surface area contributed by atoms with Gasteiger partial charge >= 0.3 is 0 Å². The fourth-order valence-electron chi connectivity index (χ4n) is 3.26. The lowest BCUT2D eigenvalue weighted by Crippen LogP contribution is -2.28. The molecule has 0 saturated heterocycles.